The molecular formula is C16H14FN3O2S. The van der Waals surface area contributed by atoms with E-state index in [1.807, 2.05) is 6.26 Å². The Kier molecular flexibility index (Phi) is 4.04. The predicted octanol–water partition coefficient (Wildman–Crippen LogP) is 3.29. The Balaban J connectivity index is 2.11. The average Bonchev–Trinajstić information content (AvgIpc) is 2.54. The monoisotopic (exact) mass is 331 g/mol. The van der Waals surface area contributed by atoms with Crippen LogP contribution in [-0.2, 0) is 7.05 Å². The largest absolute Gasteiger partial charge is 0.451 e. The summed E-state index contributed by atoms with van der Waals surface area (Å²) in [5.41, 5.74) is 0.839. The zero-order valence-electron chi connectivity index (χ0n) is 12.8. The second-order valence-corrected chi connectivity index (χ2v) is 5.79. The van der Waals surface area contributed by atoms with E-state index >= 15 is 0 Å². The minimum Gasteiger partial charge on any atom is -0.451 e. The third-order valence-corrected chi connectivity index (χ3v) is 3.99. The number of hydrogen-bond donors (Lipinski definition) is 0. The topological polar surface area (TPSA) is 57.0 Å². The number of rotatable bonds is 3. The molecule has 0 aliphatic rings. The summed E-state index contributed by atoms with van der Waals surface area (Å²) in [7, 11) is 1.63. The molecule has 5 nitrogen and oxygen atoms in total. The minimum atomic E-state index is -0.348. The molecule has 1 aromatic carbocycles. The van der Waals surface area contributed by atoms with Crippen LogP contribution >= 0.6 is 11.8 Å². The average molecular weight is 331 g/mol. The van der Waals surface area contributed by atoms with Crippen LogP contribution in [0.15, 0.2) is 40.4 Å². The van der Waals surface area contributed by atoms with Crippen molar-refractivity contribution in [3.63, 3.8) is 0 Å². The van der Waals surface area contributed by atoms with Gasteiger partial charge in [-0.05, 0) is 43.0 Å². The Morgan fingerprint density at radius 1 is 1.26 bits per heavy atom. The summed E-state index contributed by atoms with van der Waals surface area (Å²) in [5.74, 6) is 0.235. The third kappa shape index (κ3) is 2.92. The first-order valence-corrected chi connectivity index (χ1v) is 8.07. The van der Waals surface area contributed by atoms with Gasteiger partial charge in [0, 0.05) is 18.6 Å². The third-order valence-electron chi connectivity index (χ3n) is 3.43. The smallest absolute Gasteiger partial charge is 0.294 e. The summed E-state index contributed by atoms with van der Waals surface area (Å²) < 4.78 is 20.3. The van der Waals surface area contributed by atoms with Gasteiger partial charge < -0.3 is 4.74 Å². The van der Waals surface area contributed by atoms with E-state index in [9.17, 15) is 9.18 Å². The summed E-state index contributed by atoms with van der Waals surface area (Å²) in [6.07, 6.45) is 3.52. The van der Waals surface area contributed by atoms with Crippen molar-refractivity contribution in [2.24, 2.45) is 7.05 Å². The number of nitrogens with zero attached hydrogens (tertiary/aromatic N) is 3. The molecule has 3 rings (SSSR count). The highest BCUT2D eigenvalue weighted by Crippen LogP contribution is 2.25. The van der Waals surface area contributed by atoms with Crippen LogP contribution < -0.4 is 10.3 Å². The molecule has 0 saturated carbocycles. The number of aromatic nitrogens is 3. The number of halogens is 1. The number of hydrogen-bond acceptors (Lipinski definition) is 5. The van der Waals surface area contributed by atoms with E-state index in [0.29, 0.717) is 27.5 Å². The molecule has 0 aliphatic carbocycles. The lowest BCUT2D eigenvalue weighted by Gasteiger charge is -2.11. The van der Waals surface area contributed by atoms with Gasteiger partial charge in [0.05, 0.1) is 0 Å². The van der Waals surface area contributed by atoms with Crippen LogP contribution in [0.2, 0.25) is 0 Å². The van der Waals surface area contributed by atoms with Gasteiger partial charge in [0.1, 0.15) is 17.2 Å². The number of fused-ring (bicyclic) bond motifs is 1. The molecule has 7 heteroatoms. The lowest BCUT2D eigenvalue weighted by molar-refractivity contribution is 0.466. The van der Waals surface area contributed by atoms with Crippen LogP contribution in [-0.4, -0.2) is 20.8 Å². The molecular weight excluding hydrogens is 317 g/mol. The molecule has 0 fully saturated rings. The van der Waals surface area contributed by atoms with Gasteiger partial charge in [-0.3, -0.25) is 9.36 Å². The van der Waals surface area contributed by atoms with Crippen LogP contribution in [0.1, 0.15) is 5.56 Å². The van der Waals surface area contributed by atoms with E-state index in [4.69, 9.17) is 4.74 Å². The molecule has 0 N–H and O–H groups in total. The van der Waals surface area contributed by atoms with E-state index in [1.165, 1.54) is 34.5 Å². The van der Waals surface area contributed by atoms with Crippen molar-refractivity contribution in [1.82, 2.24) is 14.5 Å². The number of aryl methyl sites for hydroxylation is 2. The molecule has 3 aromatic rings. The molecule has 0 saturated heterocycles. The Labute approximate surface area is 136 Å². The standard InChI is InChI=1S/C16H14FN3O2S/c1-9-6-11(17)4-5-12(9)22-13-7-10-8-18-16(23-3)19-14(10)20(2)15(13)21/h4-8H,1-3H3. The van der Waals surface area contributed by atoms with Crippen molar-refractivity contribution in [1.29, 1.82) is 0 Å². The van der Waals surface area contributed by atoms with E-state index in [-0.39, 0.29) is 17.1 Å². The number of pyridine rings is 1. The summed E-state index contributed by atoms with van der Waals surface area (Å²) in [6.45, 7) is 1.72. The molecule has 118 valence electrons. The van der Waals surface area contributed by atoms with Crippen LogP contribution in [0.25, 0.3) is 11.0 Å². The summed E-state index contributed by atoms with van der Waals surface area (Å²) in [6, 6.07) is 5.75. The first-order chi connectivity index (χ1) is 11.0. The molecule has 0 radical (unpaired) electrons. The van der Waals surface area contributed by atoms with Crippen molar-refractivity contribution in [2.45, 2.75) is 12.1 Å². The first kappa shape index (κ1) is 15.5. The second-order valence-electron chi connectivity index (χ2n) is 5.02. The first-order valence-electron chi connectivity index (χ1n) is 6.84. The Hall–Kier alpha value is -2.41. The van der Waals surface area contributed by atoms with Crippen LogP contribution in [0.4, 0.5) is 4.39 Å². The molecule has 2 aromatic heterocycles. The maximum atomic E-state index is 13.2. The van der Waals surface area contributed by atoms with Gasteiger partial charge in [0.25, 0.3) is 5.56 Å². The van der Waals surface area contributed by atoms with Crippen LogP contribution in [0.5, 0.6) is 11.5 Å². The van der Waals surface area contributed by atoms with Gasteiger partial charge in [-0.2, -0.15) is 0 Å². The van der Waals surface area contributed by atoms with Crippen molar-refractivity contribution >= 4 is 22.8 Å². The summed E-state index contributed by atoms with van der Waals surface area (Å²) >= 11 is 1.40. The number of ether oxygens (including phenoxy) is 1. The summed E-state index contributed by atoms with van der Waals surface area (Å²) in [5, 5.41) is 1.29. The van der Waals surface area contributed by atoms with Crippen LogP contribution in [0.3, 0.4) is 0 Å². The van der Waals surface area contributed by atoms with Gasteiger partial charge >= 0.3 is 0 Å². The van der Waals surface area contributed by atoms with Gasteiger partial charge in [-0.1, -0.05) is 11.8 Å². The zero-order valence-corrected chi connectivity index (χ0v) is 13.6. The number of benzene rings is 1. The highest BCUT2D eigenvalue weighted by molar-refractivity contribution is 7.98. The van der Waals surface area contributed by atoms with E-state index in [1.54, 1.807) is 26.2 Å². The van der Waals surface area contributed by atoms with Crippen molar-refractivity contribution in [3.8, 4) is 11.5 Å². The zero-order chi connectivity index (χ0) is 16.6. The quantitative estimate of drug-likeness (QED) is 0.544. The van der Waals surface area contributed by atoms with E-state index in [0.717, 1.165) is 0 Å². The maximum Gasteiger partial charge on any atom is 0.294 e. The van der Waals surface area contributed by atoms with Crippen molar-refractivity contribution in [2.75, 3.05) is 6.26 Å². The molecule has 0 aliphatic heterocycles. The lowest BCUT2D eigenvalue weighted by atomic mass is 10.2. The summed E-state index contributed by atoms with van der Waals surface area (Å²) in [4.78, 5) is 21.0. The van der Waals surface area contributed by atoms with Crippen LogP contribution in [0, 0.1) is 12.7 Å². The second kappa shape index (κ2) is 6.00. The fourth-order valence-electron chi connectivity index (χ4n) is 2.22. The Morgan fingerprint density at radius 3 is 2.74 bits per heavy atom. The fraction of sp³-hybridized carbons (Fsp3) is 0.188. The molecule has 23 heavy (non-hydrogen) atoms. The molecule has 0 unspecified atom stereocenters. The van der Waals surface area contributed by atoms with Crippen molar-refractivity contribution < 1.29 is 9.13 Å². The molecule has 0 bridgehead atoms. The van der Waals surface area contributed by atoms with Gasteiger partial charge in [0.2, 0.25) is 0 Å². The van der Waals surface area contributed by atoms with Crippen molar-refractivity contribution in [3.05, 3.63) is 52.2 Å². The van der Waals surface area contributed by atoms with E-state index in [2.05, 4.69) is 9.97 Å². The van der Waals surface area contributed by atoms with Gasteiger partial charge in [-0.15, -0.1) is 0 Å². The maximum absolute atomic E-state index is 13.2. The number of thioether (sulfide) groups is 1. The fourth-order valence-corrected chi connectivity index (χ4v) is 2.55. The minimum absolute atomic E-state index is 0.148. The van der Waals surface area contributed by atoms with Gasteiger partial charge in [0.15, 0.2) is 10.9 Å². The molecule has 2 heterocycles. The normalized spacial score (nSPS) is 11.0. The SMILES string of the molecule is CSc1ncc2cc(Oc3ccc(F)cc3C)c(=O)n(C)c2n1. The molecule has 0 spiro atoms. The highest BCUT2D eigenvalue weighted by Gasteiger charge is 2.12. The predicted molar refractivity (Wildman–Crippen MR) is 87.8 cm³/mol. The van der Waals surface area contributed by atoms with Gasteiger partial charge in [-0.25, -0.2) is 14.4 Å². The Morgan fingerprint density at radius 2 is 2.04 bits per heavy atom. The molecule has 0 atom stereocenters. The van der Waals surface area contributed by atoms with E-state index < -0.39 is 0 Å². The molecule has 0 amide bonds. The Bertz CT molecular complexity index is 956. The lowest BCUT2D eigenvalue weighted by Crippen LogP contribution is -2.19. The highest BCUT2D eigenvalue weighted by atomic mass is 32.2.